The summed E-state index contributed by atoms with van der Waals surface area (Å²) in [6.07, 6.45) is -8.13. The molecule has 1 rings (SSSR count). The minimum absolute atomic E-state index is 0.0624. The first-order valence-corrected chi connectivity index (χ1v) is 6.03. The highest BCUT2D eigenvalue weighted by atomic mass is 35.5. The highest BCUT2D eigenvalue weighted by Crippen LogP contribution is 2.36. The Kier molecular flexibility index (Phi) is 5.70. The van der Waals surface area contributed by atoms with E-state index in [1.54, 1.807) is 0 Å². The van der Waals surface area contributed by atoms with E-state index in [0.717, 1.165) is 0 Å². The third kappa shape index (κ3) is 4.42. The van der Waals surface area contributed by atoms with E-state index in [2.05, 4.69) is 14.5 Å². The van der Waals surface area contributed by atoms with Gasteiger partial charge in [0.1, 0.15) is 0 Å². The number of hydrogen-bond donors (Lipinski definition) is 0. The van der Waals surface area contributed by atoms with Gasteiger partial charge in [0, 0.05) is 5.56 Å². The van der Waals surface area contributed by atoms with Crippen LogP contribution in [-0.2, 0) is 10.6 Å². The number of esters is 1. The minimum atomic E-state index is -5.18. The van der Waals surface area contributed by atoms with Crippen LogP contribution in [0.25, 0.3) is 0 Å². The normalized spacial score (nSPS) is 11.6. The van der Waals surface area contributed by atoms with Gasteiger partial charge >= 0.3 is 12.3 Å². The second-order valence-corrected chi connectivity index (χ2v) is 3.83. The smallest absolute Gasteiger partial charge is 0.461 e. The fraction of sp³-hybridized carbons (Fsp3) is 0.455. The highest BCUT2D eigenvalue weighted by molar-refractivity contribution is 6.17. The Morgan fingerprint density at radius 1 is 1.43 bits per heavy atom. The van der Waals surface area contributed by atoms with Crippen LogP contribution >= 0.6 is 11.6 Å². The quantitative estimate of drug-likeness (QED) is 0.467. The molecule has 118 valence electrons. The number of ether oxygens (including phenoxy) is 2. The lowest BCUT2D eigenvalue weighted by molar-refractivity contribution is -0.275. The monoisotopic (exact) mass is 333 g/mol. The van der Waals surface area contributed by atoms with Crippen molar-refractivity contribution >= 4 is 17.6 Å². The second-order valence-electron chi connectivity index (χ2n) is 3.57. The Morgan fingerprint density at radius 2 is 2.05 bits per heavy atom. The molecule has 1 aromatic rings. The van der Waals surface area contributed by atoms with Crippen molar-refractivity contribution in [3.8, 4) is 5.75 Å². The third-order valence-corrected chi connectivity index (χ3v) is 2.50. The van der Waals surface area contributed by atoms with Gasteiger partial charge in [-0.15, -0.1) is 24.8 Å². The molecule has 0 aromatic carbocycles. The minimum Gasteiger partial charge on any atom is -0.461 e. The van der Waals surface area contributed by atoms with Gasteiger partial charge in [-0.3, -0.25) is 0 Å². The number of rotatable bonds is 5. The number of halogens is 6. The predicted molar refractivity (Wildman–Crippen MR) is 61.4 cm³/mol. The second kappa shape index (κ2) is 6.88. The van der Waals surface area contributed by atoms with Crippen molar-refractivity contribution in [2.75, 3.05) is 6.61 Å². The van der Waals surface area contributed by atoms with E-state index in [1.807, 2.05) is 0 Å². The highest BCUT2D eigenvalue weighted by Gasteiger charge is 2.35. The van der Waals surface area contributed by atoms with Crippen LogP contribution in [0.15, 0.2) is 6.20 Å². The summed E-state index contributed by atoms with van der Waals surface area (Å²) in [7, 11) is 0. The summed E-state index contributed by atoms with van der Waals surface area (Å²) in [6, 6.07) is 0. The first kappa shape index (κ1) is 17.4. The average molecular weight is 334 g/mol. The van der Waals surface area contributed by atoms with Gasteiger partial charge in [0.15, 0.2) is 11.4 Å². The van der Waals surface area contributed by atoms with Crippen LogP contribution in [0.5, 0.6) is 5.75 Å². The van der Waals surface area contributed by atoms with Gasteiger partial charge in [-0.05, 0) is 6.92 Å². The van der Waals surface area contributed by atoms with Gasteiger partial charge < -0.3 is 9.47 Å². The molecule has 21 heavy (non-hydrogen) atoms. The van der Waals surface area contributed by atoms with Crippen molar-refractivity contribution < 1.29 is 36.2 Å². The summed E-state index contributed by atoms with van der Waals surface area (Å²) in [4.78, 5) is 14.9. The fourth-order valence-corrected chi connectivity index (χ4v) is 1.77. The van der Waals surface area contributed by atoms with Crippen LogP contribution in [-0.4, -0.2) is 23.9 Å². The van der Waals surface area contributed by atoms with E-state index in [1.165, 1.54) is 6.92 Å². The summed E-state index contributed by atoms with van der Waals surface area (Å²) >= 11 is 5.45. The molecule has 10 heteroatoms. The lowest BCUT2D eigenvalue weighted by Gasteiger charge is -2.16. The number of carbonyl (C=O) groups is 1. The molecule has 0 unspecified atom stereocenters. The van der Waals surface area contributed by atoms with Gasteiger partial charge in [0.2, 0.25) is 0 Å². The molecule has 0 saturated carbocycles. The molecule has 0 aliphatic rings. The zero-order valence-electron chi connectivity index (χ0n) is 10.5. The average Bonchev–Trinajstić information content (AvgIpc) is 2.35. The van der Waals surface area contributed by atoms with Crippen molar-refractivity contribution in [2.24, 2.45) is 0 Å². The third-order valence-electron chi connectivity index (χ3n) is 2.23. The molecule has 0 bridgehead atoms. The summed E-state index contributed by atoms with van der Waals surface area (Å²) < 4.78 is 70.6. The largest absolute Gasteiger partial charge is 0.573 e. The number of nitrogens with zero attached hydrogens (tertiary/aromatic N) is 1. The zero-order valence-corrected chi connectivity index (χ0v) is 11.3. The molecule has 1 aromatic heterocycles. The Labute approximate surface area is 120 Å². The topological polar surface area (TPSA) is 48.4 Å². The molecule has 0 spiro atoms. The standard InChI is InChI=1S/C11H9ClF5NO3/c1-2-20-10(19)8-5(3-12)7(9(13)14)6(4-18-8)21-11(15,16)17/h4,9H,2-3H2,1H3. The fourth-order valence-electron chi connectivity index (χ4n) is 1.50. The first-order valence-electron chi connectivity index (χ1n) is 5.50. The summed E-state index contributed by atoms with van der Waals surface area (Å²) in [5.74, 6) is -2.93. The molecule has 0 aliphatic heterocycles. The molecular weight excluding hydrogens is 325 g/mol. The molecule has 0 N–H and O–H groups in total. The SMILES string of the molecule is CCOC(=O)c1ncc(OC(F)(F)F)c(C(F)F)c1CCl. The summed E-state index contributed by atoms with van der Waals surface area (Å²) in [5.41, 5.74) is -2.27. The number of aromatic nitrogens is 1. The maximum Gasteiger partial charge on any atom is 0.573 e. The molecule has 0 saturated heterocycles. The van der Waals surface area contributed by atoms with Crippen molar-refractivity contribution in [3.63, 3.8) is 0 Å². The predicted octanol–water partition coefficient (Wildman–Crippen LogP) is 3.83. The molecule has 0 fully saturated rings. The van der Waals surface area contributed by atoms with Gasteiger partial charge in [0.25, 0.3) is 6.43 Å². The lowest BCUT2D eigenvalue weighted by Crippen LogP contribution is -2.20. The van der Waals surface area contributed by atoms with Crippen LogP contribution in [0.4, 0.5) is 22.0 Å². The molecule has 0 atom stereocenters. The summed E-state index contributed by atoms with van der Waals surface area (Å²) in [6.45, 7) is 1.40. The number of hydrogen-bond acceptors (Lipinski definition) is 4. The number of alkyl halides is 6. The van der Waals surface area contributed by atoms with Gasteiger partial charge in [-0.2, -0.15) is 0 Å². The maximum atomic E-state index is 13.0. The summed E-state index contributed by atoms with van der Waals surface area (Å²) in [5, 5.41) is 0. The Morgan fingerprint density at radius 3 is 2.48 bits per heavy atom. The molecule has 1 heterocycles. The van der Waals surface area contributed by atoms with E-state index in [9.17, 15) is 26.7 Å². The van der Waals surface area contributed by atoms with Crippen LogP contribution in [0.1, 0.15) is 35.0 Å². The Bertz CT molecular complexity index is 521. The van der Waals surface area contributed by atoms with Crippen molar-refractivity contribution in [3.05, 3.63) is 23.0 Å². The van der Waals surface area contributed by atoms with E-state index in [0.29, 0.717) is 6.20 Å². The van der Waals surface area contributed by atoms with Gasteiger partial charge in [-0.1, -0.05) is 0 Å². The van der Waals surface area contributed by atoms with Gasteiger partial charge in [0.05, 0.1) is 24.2 Å². The van der Waals surface area contributed by atoms with Crippen molar-refractivity contribution in [1.29, 1.82) is 0 Å². The molecule has 0 aliphatic carbocycles. The van der Waals surface area contributed by atoms with E-state index in [4.69, 9.17) is 11.6 Å². The van der Waals surface area contributed by atoms with Crippen LogP contribution < -0.4 is 4.74 Å². The Hall–Kier alpha value is -1.64. The molecule has 0 amide bonds. The van der Waals surface area contributed by atoms with Crippen molar-refractivity contribution in [1.82, 2.24) is 4.98 Å². The molecule has 0 radical (unpaired) electrons. The zero-order chi connectivity index (χ0) is 16.2. The molecular formula is C11H9ClF5NO3. The molecule has 4 nitrogen and oxygen atoms in total. The van der Waals surface area contributed by atoms with Crippen molar-refractivity contribution in [2.45, 2.75) is 25.6 Å². The van der Waals surface area contributed by atoms with E-state index in [-0.39, 0.29) is 6.61 Å². The Balaban J connectivity index is 3.41. The van der Waals surface area contributed by atoms with E-state index < -0.39 is 47.2 Å². The van der Waals surface area contributed by atoms with Crippen LogP contribution in [0.2, 0.25) is 0 Å². The van der Waals surface area contributed by atoms with Gasteiger partial charge in [-0.25, -0.2) is 18.6 Å². The van der Waals surface area contributed by atoms with E-state index >= 15 is 0 Å². The number of carbonyl (C=O) groups excluding carboxylic acids is 1. The lowest BCUT2D eigenvalue weighted by atomic mass is 10.1. The number of pyridine rings is 1. The maximum absolute atomic E-state index is 13.0. The first-order chi connectivity index (χ1) is 9.71. The van der Waals surface area contributed by atoms with Crippen LogP contribution in [0, 0.1) is 0 Å². The van der Waals surface area contributed by atoms with Crippen LogP contribution in [0.3, 0.4) is 0 Å².